The van der Waals surface area contributed by atoms with E-state index in [2.05, 4.69) is 50.2 Å². The zero-order chi connectivity index (χ0) is 12.7. The zero-order valence-electron chi connectivity index (χ0n) is 11.0. The minimum atomic E-state index is 0.244. The zero-order valence-corrected chi connectivity index (χ0v) is 11.0. The second-order valence-electron chi connectivity index (χ2n) is 5.36. The number of hydrogen-bond acceptors (Lipinski definition) is 1. The summed E-state index contributed by atoms with van der Waals surface area (Å²) in [5.41, 5.74) is 14.2. The van der Waals surface area contributed by atoms with E-state index >= 15 is 0 Å². The van der Waals surface area contributed by atoms with Gasteiger partial charge in [-0.2, -0.15) is 0 Å². The van der Waals surface area contributed by atoms with Crippen LogP contribution in [0.5, 0.6) is 0 Å². The molecule has 0 radical (unpaired) electrons. The van der Waals surface area contributed by atoms with Crippen molar-refractivity contribution >= 4 is 0 Å². The van der Waals surface area contributed by atoms with E-state index in [4.69, 9.17) is 5.73 Å². The van der Waals surface area contributed by atoms with Crippen LogP contribution in [0.2, 0.25) is 0 Å². The Morgan fingerprint density at radius 2 is 1.67 bits per heavy atom. The Hall–Kier alpha value is -1.60. The van der Waals surface area contributed by atoms with Crippen molar-refractivity contribution < 1.29 is 0 Å². The van der Waals surface area contributed by atoms with Crippen LogP contribution >= 0.6 is 0 Å². The summed E-state index contributed by atoms with van der Waals surface area (Å²) in [5.74, 6) is 0. The average Bonchev–Trinajstić information content (AvgIpc) is 2.74. The second-order valence-corrected chi connectivity index (χ2v) is 5.36. The minimum absolute atomic E-state index is 0.244. The molecule has 0 saturated heterocycles. The highest BCUT2D eigenvalue weighted by Crippen LogP contribution is 2.33. The van der Waals surface area contributed by atoms with Crippen molar-refractivity contribution in [3.05, 3.63) is 58.7 Å². The van der Waals surface area contributed by atoms with E-state index in [-0.39, 0.29) is 6.04 Å². The van der Waals surface area contributed by atoms with Gasteiger partial charge in [0.25, 0.3) is 0 Å². The molecule has 1 nitrogen and oxygen atoms in total. The third-order valence-corrected chi connectivity index (χ3v) is 4.11. The number of rotatable bonds is 1. The summed E-state index contributed by atoms with van der Waals surface area (Å²) in [6.45, 7) is 4.32. The van der Waals surface area contributed by atoms with E-state index in [1.54, 1.807) is 0 Å². The van der Waals surface area contributed by atoms with Crippen LogP contribution in [0.25, 0.3) is 11.1 Å². The van der Waals surface area contributed by atoms with Gasteiger partial charge in [-0.05, 0) is 60.1 Å². The Bertz CT molecular complexity index is 599. The van der Waals surface area contributed by atoms with Gasteiger partial charge in [-0.25, -0.2) is 0 Å². The summed E-state index contributed by atoms with van der Waals surface area (Å²) >= 11 is 0. The Labute approximate surface area is 109 Å². The van der Waals surface area contributed by atoms with Gasteiger partial charge in [-0.3, -0.25) is 0 Å². The van der Waals surface area contributed by atoms with Crippen LogP contribution in [-0.4, -0.2) is 0 Å². The summed E-state index contributed by atoms with van der Waals surface area (Å²) in [5, 5.41) is 0. The second kappa shape index (κ2) is 4.25. The highest BCUT2D eigenvalue weighted by Gasteiger charge is 2.18. The smallest absolute Gasteiger partial charge is 0.0300 e. The Morgan fingerprint density at radius 3 is 2.44 bits per heavy atom. The first-order valence-electron chi connectivity index (χ1n) is 6.61. The minimum Gasteiger partial charge on any atom is -0.324 e. The molecule has 0 saturated carbocycles. The van der Waals surface area contributed by atoms with Gasteiger partial charge in [0.1, 0.15) is 0 Å². The first-order chi connectivity index (χ1) is 8.65. The van der Waals surface area contributed by atoms with Gasteiger partial charge < -0.3 is 5.73 Å². The Kier molecular flexibility index (Phi) is 2.71. The normalized spacial score (nSPS) is 17.8. The van der Waals surface area contributed by atoms with Crippen molar-refractivity contribution in [2.24, 2.45) is 5.73 Å². The third-order valence-electron chi connectivity index (χ3n) is 4.11. The fourth-order valence-electron chi connectivity index (χ4n) is 2.75. The lowest BCUT2D eigenvalue weighted by molar-refractivity contribution is 0.713. The SMILES string of the molecule is Cc1ccc(-c2ccc3c(c2)CCC3N)cc1C. The van der Waals surface area contributed by atoms with Gasteiger partial charge in [-0.15, -0.1) is 0 Å². The van der Waals surface area contributed by atoms with E-state index < -0.39 is 0 Å². The summed E-state index contributed by atoms with van der Waals surface area (Å²) < 4.78 is 0. The fourth-order valence-corrected chi connectivity index (χ4v) is 2.75. The van der Waals surface area contributed by atoms with Gasteiger partial charge in [-0.1, -0.05) is 36.4 Å². The summed E-state index contributed by atoms with van der Waals surface area (Å²) in [6.07, 6.45) is 2.21. The number of hydrogen-bond donors (Lipinski definition) is 1. The van der Waals surface area contributed by atoms with Crippen molar-refractivity contribution in [2.75, 3.05) is 0 Å². The summed E-state index contributed by atoms with van der Waals surface area (Å²) in [7, 11) is 0. The van der Waals surface area contributed by atoms with Crippen molar-refractivity contribution in [1.82, 2.24) is 0 Å². The maximum Gasteiger partial charge on any atom is 0.0300 e. The summed E-state index contributed by atoms with van der Waals surface area (Å²) in [4.78, 5) is 0. The molecular formula is C17H19N. The molecule has 2 N–H and O–H groups in total. The molecule has 0 aromatic heterocycles. The van der Waals surface area contributed by atoms with Crippen LogP contribution in [0.15, 0.2) is 36.4 Å². The molecule has 0 spiro atoms. The molecule has 0 heterocycles. The van der Waals surface area contributed by atoms with Crippen LogP contribution in [0.4, 0.5) is 0 Å². The van der Waals surface area contributed by atoms with E-state index in [9.17, 15) is 0 Å². The van der Waals surface area contributed by atoms with Crippen LogP contribution in [0.3, 0.4) is 0 Å². The van der Waals surface area contributed by atoms with Crippen LogP contribution in [-0.2, 0) is 6.42 Å². The topological polar surface area (TPSA) is 26.0 Å². The molecule has 1 aliphatic carbocycles. The molecule has 0 aliphatic heterocycles. The molecule has 2 aromatic carbocycles. The van der Waals surface area contributed by atoms with E-state index in [0.717, 1.165) is 12.8 Å². The monoisotopic (exact) mass is 237 g/mol. The first kappa shape index (κ1) is 11.5. The summed E-state index contributed by atoms with van der Waals surface area (Å²) in [6, 6.07) is 13.6. The number of fused-ring (bicyclic) bond motifs is 1. The van der Waals surface area contributed by atoms with Crippen molar-refractivity contribution in [3.8, 4) is 11.1 Å². The molecule has 0 amide bonds. The van der Waals surface area contributed by atoms with Gasteiger partial charge in [0.15, 0.2) is 0 Å². The van der Waals surface area contributed by atoms with E-state index in [0.29, 0.717) is 0 Å². The average molecular weight is 237 g/mol. The molecule has 0 fully saturated rings. The molecule has 92 valence electrons. The first-order valence-corrected chi connectivity index (χ1v) is 6.61. The number of benzene rings is 2. The van der Waals surface area contributed by atoms with Crippen molar-refractivity contribution in [3.63, 3.8) is 0 Å². The maximum atomic E-state index is 6.08. The molecular weight excluding hydrogens is 218 g/mol. The van der Waals surface area contributed by atoms with Gasteiger partial charge in [0, 0.05) is 6.04 Å². The largest absolute Gasteiger partial charge is 0.324 e. The Morgan fingerprint density at radius 1 is 0.944 bits per heavy atom. The molecule has 1 unspecified atom stereocenters. The Balaban J connectivity index is 2.05. The lowest BCUT2D eigenvalue weighted by Gasteiger charge is -2.09. The quantitative estimate of drug-likeness (QED) is 0.799. The number of nitrogens with two attached hydrogens (primary N) is 1. The molecule has 2 aromatic rings. The highest BCUT2D eigenvalue weighted by molar-refractivity contribution is 5.66. The van der Waals surface area contributed by atoms with Gasteiger partial charge >= 0.3 is 0 Å². The third kappa shape index (κ3) is 1.85. The molecule has 18 heavy (non-hydrogen) atoms. The lowest BCUT2D eigenvalue weighted by atomic mass is 9.97. The lowest BCUT2D eigenvalue weighted by Crippen LogP contribution is -2.04. The van der Waals surface area contributed by atoms with Gasteiger partial charge in [0.2, 0.25) is 0 Å². The molecule has 3 rings (SSSR count). The molecule has 1 aliphatic rings. The van der Waals surface area contributed by atoms with E-state index in [1.807, 2.05) is 0 Å². The standard InChI is InChI=1S/C17H19N/c1-11-3-4-13(9-12(11)2)14-5-7-16-15(10-14)6-8-17(16)18/h3-5,7,9-10,17H,6,8,18H2,1-2H3. The predicted molar refractivity (Wildman–Crippen MR) is 76.6 cm³/mol. The van der Waals surface area contributed by atoms with Crippen LogP contribution in [0.1, 0.15) is 34.7 Å². The van der Waals surface area contributed by atoms with Crippen LogP contribution in [0, 0.1) is 13.8 Å². The maximum absolute atomic E-state index is 6.08. The number of aryl methyl sites for hydroxylation is 3. The molecule has 0 bridgehead atoms. The molecule has 1 heteroatoms. The van der Waals surface area contributed by atoms with E-state index in [1.165, 1.54) is 33.4 Å². The molecule has 1 atom stereocenters. The highest BCUT2D eigenvalue weighted by atomic mass is 14.6. The van der Waals surface area contributed by atoms with Crippen molar-refractivity contribution in [1.29, 1.82) is 0 Å². The fraction of sp³-hybridized carbons (Fsp3) is 0.294. The van der Waals surface area contributed by atoms with Crippen LogP contribution < -0.4 is 5.73 Å². The van der Waals surface area contributed by atoms with Gasteiger partial charge in [0.05, 0.1) is 0 Å². The van der Waals surface area contributed by atoms with Crippen molar-refractivity contribution in [2.45, 2.75) is 32.7 Å². The predicted octanol–water partition coefficient (Wildman–Crippen LogP) is 3.92.